The number of rotatable bonds is 1. The van der Waals surface area contributed by atoms with Gasteiger partial charge in [-0.2, -0.15) is 0 Å². The molecule has 4 nitrogen and oxygen atoms in total. The van der Waals surface area contributed by atoms with E-state index in [0.29, 0.717) is 23.1 Å². The fourth-order valence-corrected chi connectivity index (χ4v) is 3.87. The SMILES string of the molecule is O=C1CC2(CCCCC2)CC(=O)N1c1ncccc1Br. The monoisotopic (exact) mass is 336 g/mol. The highest BCUT2D eigenvalue weighted by Gasteiger charge is 2.45. The molecule has 20 heavy (non-hydrogen) atoms. The van der Waals surface area contributed by atoms with Gasteiger partial charge in [0.1, 0.15) is 0 Å². The first-order chi connectivity index (χ1) is 9.61. The van der Waals surface area contributed by atoms with Crippen LogP contribution in [-0.4, -0.2) is 16.8 Å². The highest BCUT2D eigenvalue weighted by atomic mass is 79.9. The van der Waals surface area contributed by atoms with Crippen molar-refractivity contribution >= 4 is 33.6 Å². The van der Waals surface area contributed by atoms with Gasteiger partial charge in [-0.15, -0.1) is 0 Å². The van der Waals surface area contributed by atoms with Crippen LogP contribution in [-0.2, 0) is 9.59 Å². The molecule has 0 unspecified atom stereocenters. The number of carbonyl (C=O) groups is 2. The maximum absolute atomic E-state index is 12.5. The molecule has 1 saturated heterocycles. The molecule has 1 aromatic rings. The van der Waals surface area contributed by atoms with E-state index in [0.717, 1.165) is 25.7 Å². The molecule has 106 valence electrons. The minimum Gasteiger partial charge on any atom is -0.274 e. The zero-order valence-corrected chi connectivity index (χ0v) is 12.9. The van der Waals surface area contributed by atoms with Gasteiger partial charge in [0.05, 0.1) is 4.47 Å². The number of halogens is 1. The van der Waals surface area contributed by atoms with Gasteiger partial charge < -0.3 is 0 Å². The molecule has 0 bridgehead atoms. The van der Waals surface area contributed by atoms with Gasteiger partial charge in [0, 0.05) is 19.0 Å². The first kappa shape index (κ1) is 13.7. The Balaban J connectivity index is 1.88. The van der Waals surface area contributed by atoms with Crippen molar-refractivity contribution in [1.82, 2.24) is 4.98 Å². The number of hydrogen-bond acceptors (Lipinski definition) is 3. The van der Waals surface area contributed by atoms with Crippen molar-refractivity contribution in [2.75, 3.05) is 4.90 Å². The summed E-state index contributed by atoms with van der Waals surface area (Å²) in [6, 6.07) is 3.57. The van der Waals surface area contributed by atoms with Crippen LogP contribution in [0.25, 0.3) is 0 Å². The van der Waals surface area contributed by atoms with Crippen molar-refractivity contribution in [3.05, 3.63) is 22.8 Å². The van der Waals surface area contributed by atoms with Crippen LogP contribution in [0.5, 0.6) is 0 Å². The lowest BCUT2D eigenvalue weighted by atomic mass is 9.67. The normalized spacial score (nSPS) is 22.4. The molecule has 1 aliphatic heterocycles. The summed E-state index contributed by atoms with van der Waals surface area (Å²) in [5.74, 6) is 0.207. The molecule has 3 rings (SSSR count). The second kappa shape index (κ2) is 5.28. The number of carbonyl (C=O) groups excluding carboxylic acids is 2. The van der Waals surface area contributed by atoms with Gasteiger partial charge >= 0.3 is 0 Å². The Morgan fingerprint density at radius 3 is 2.35 bits per heavy atom. The summed E-state index contributed by atoms with van der Waals surface area (Å²) in [6.45, 7) is 0. The lowest BCUT2D eigenvalue weighted by molar-refractivity contribution is -0.134. The molecule has 1 spiro atoms. The minimum absolute atomic E-state index is 0.0792. The average Bonchev–Trinajstić information content (AvgIpc) is 2.41. The van der Waals surface area contributed by atoms with Gasteiger partial charge in [-0.3, -0.25) is 9.59 Å². The van der Waals surface area contributed by atoms with E-state index < -0.39 is 0 Å². The summed E-state index contributed by atoms with van der Waals surface area (Å²) in [5, 5.41) is 0. The summed E-state index contributed by atoms with van der Waals surface area (Å²) in [4.78, 5) is 30.4. The molecule has 2 fully saturated rings. The summed E-state index contributed by atoms with van der Waals surface area (Å²) < 4.78 is 0.682. The zero-order valence-electron chi connectivity index (χ0n) is 11.3. The van der Waals surface area contributed by atoms with E-state index in [1.165, 1.54) is 11.3 Å². The van der Waals surface area contributed by atoms with Crippen LogP contribution in [0.4, 0.5) is 5.82 Å². The van der Waals surface area contributed by atoms with Gasteiger partial charge in [0.15, 0.2) is 5.82 Å². The number of anilines is 1. The first-order valence-corrected chi connectivity index (χ1v) is 7.87. The lowest BCUT2D eigenvalue weighted by Gasteiger charge is -2.42. The fraction of sp³-hybridized carbons (Fsp3) is 0.533. The number of aromatic nitrogens is 1. The number of imide groups is 1. The third-order valence-electron chi connectivity index (χ3n) is 4.42. The predicted octanol–water partition coefficient (Wildman–Crippen LogP) is 3.45. The van der Waals surface area contributed by atoms with Crippen molar-refractivity contribution in [2.24, 2.45) is 5.41 Å². The summed E-state index contributed by atoms with van der Waals surface area (Å²) in [5.41, 5.74) is -0.0792. The smallest absolute Gasteiger partial charge is 0.235 e. The van der Waals surface area contributed by atoms with Gasteiger partial charge in [-0.05, 0) is 46.3 Å². The molecule has 0 N–H and O–H groups in total. The molecule has 2 amide bonds. The maximum Gasteiger partial charge on any atom is 0.235 e. The predicted molar refractivity (Wildman–Crippen MR) is 79.2 cm³/mol. The minimum atomic E-state index is -0.109. The fourth-order valence-electron chi connectivity index (χ4n) is 3.43. The van der Waals surface area contributed by atoms with Crippen molar-refractivity contribution in [3.63, 3.8) is 0 Å². The van der Waals surface area contributed by atoms with Crippen LogP contribution in [0.1, 0.15) is 44.9 Å². The Labute approximate surface area is 126 Å². The van der Waals surface area contributed by atoms with Gasteiger partial charge in [-0.1, -0.05) is 19.3 Å². The van der Waals surface area contributed by atoms with Gasteiger partial charge in [0.25, 0.3) is 0 Å². The van der Waals surface area contributed by atoms with Gasteiger partial charge in [0.2, 0.25) is 11.8 Å². The standard InChI is InChI=1S/C15H17BrN2O2/c16-11-5-4-8-17-14(11)18-12(19)9-15(10-13(18)20)6-2-1-3-7-15/h4-5,8H,1-3,6-7,9-10H2. The van der Waals surface area contributed by atoms with E-state index >= 15 is 0 Å². The summed E-state index contributed by atoms with van der Waals surface area (Å²) in [6.07, 6.45) is 8.04. The molecule has 2 heterocycles. The third kappa shape index (κ3) is 2.39. The van der Waals surface area contributed by atoms with Crippen LogP contribution in [0, 0.1) is 5.41 Å². The molecule has 0 aromatic carbocycles. The summed E-state index contributed by atoms with van der Waals surface area (Å²) >= 11 is 3.37. The Morgan fingerprint density at radius 2 is 1.75 bits per heavy atom. The average molecular weight is 337 g/mol. The van der Waals surface area contributed by atoms with Gasteiger partial charge in [-0.25, -0.2) is 9.88 Å². The molecule has 0 atom stereocenters. The zero-order chi connectivity index (χ0) is 14.2. The Hall–Kier alpha value is -1.23. The van der Waals surface area contributed by atoms with Crippen molar-refractivity contribution < 1.29 is 9.59 Å². The second-order valence-electron chi connectivity index (χ2n) is 5.85. The van der Waals surface area contributed by atoms with Crippen LogP contribution in [0.2, 0.25) is 0 Å². The molecule has 0 radical (unpaired) electrons. The van der Waals surface area contributed by atoms with Crippen molar-refractivity contribution in [2.45, 2.75) is 44.9 Å². The van der Waals surface area contributed by atoms with E-state index in [9.17, 15) is 9.59 Å². The van der Waals surface area contributed by atoms with E-state index in [1.54, 1.807) is 18.3 Å². The molecule has 1 aromatic heterocycles. The molecule has 2 aliphatic rings. The highest BCUT2D eigenvalue weighted by Crippen LogP contribution is 2.46. The quantitative estimate of drug-likeness (QED) is 0.738. The number of hydrogen-bond donors (Lipinski definition) is 0. The molecular weight excluding hydrogens is 320 g/mol. The molecule has 5 heteroatoms. The number of nitrogens with zero attached hydrogens (tertiary/aromatic N) is 2. The van der Waals surface area contributed by atoms with Crippen LogP contribution >= 0.6 is 15.9 Å². The second-order valence-corrected chi connectivity index (χ2v) is 6.70. The van der Waals surface area contributed by atoms with Crippen LogP contribution in [0.15, 0.2) is 22.8 Å². The molecule has 1 saturated carbocycles. The maximum atomic E-state index is 12.5. The van der Waals surface area contributed by atoms with E-state index in [-0.39, 0.29) is 17.2 Å². The third-order valence-corrected chi connectivity index (χ3v) is 5.04. The van der Waals surface area contributed by atoms with E-state index in [2.05, 4.69) is 20.9 Å². The van der Waals surface area contributed by atoms with Crippen LogP contribution < -0.4 is 4.90 Å². The number of piperidine rings is 1. The Bertz CT molecular complexity index is 533. The number of pyridine rings is 1. The Kier molecular flexibility index (Phi) is 3.63. The van der Waals surface area contributed by atoms with E-state index in [1.807, 2.05) is 0 Å². The summed E-state index contributed by atoms with van der Waals surface area (Å²) in [7, 11) is 0. The topological polar surface area (TPSA) is 50.3 Å². The lowest BCUT2D eigenvalue weighted by Crippen LogP contribution is -2.49. The molecule has 1 aliphatic carbocycles. The van der Waals surface area contributed by atoms with Crippen molar-refractivity contribution in [3.8, 4) is 0 Å². The largest absolute Gasteiger partial charge is 0.274 e. The number of amides is 2. The Morgan fingerprint density at radius 1 is 1.10 bits per heavy atom. The van der Waals surface area contributed by atoms with E-state index in [4.69, 9.17) is 0 Å². The first-order valence-electron chi connectivity index (χ1n) is 7.08. The van der Waals surface area contributed by atoms with Crippen LogP contribution in [0.3, 0.4) is 0 Å². The van der Waals surface area contributed by atoms with Crippen molar-refractivity contribution in [1.29, 1.82) is 0 Å². The highest BCUT2D eigenvalue weighted by molar-refractivity contribution is 9.10. The molecular formula is C15H17BrN2O2.